The molecule has 1 unspecified atom stereocenters. The maximum Gasteiger partial charge on any atom is 0.331 e. The van der Waals surface area contributed by atoms with Crippen LogP contribution in [-0.4, -0.2) is 24.0 Å². The largest absolute Gasteiger partial charge is 0.449 e. The zero-order valence-electron chi connectivity index (χ0n) is 13.9. The lowest BCUT2D eigenvalue weighted by molar-refractivity contribution is -0.150. The van der Waals surface area contributed by atoms with E-state index in [1.165, 1.54) is 12.5 Å². The maximum atomic E-state index is 12.0. The first-order chi connectivity index (χ1) is 11.0. The highest BCUT2D eigenvalue weighted by Gasteiger charge is 2.21. The maximum absolute atomic E-state index is 12.0. The highest BCUT2D eigenvalue weighted by Crippen LogP contribution is 2.17. The molecule has 0 bridgehead atoms. The Balaban J connectivity index is 1.79. The Morgan fingerprint density at radius 2 is 1.83 bits per heavy atom. The van der Waals surface area contributed by atoms with Crippen molar-refractivity contribution in [2.75, 3.05) is 0 Å². The summed E-state index contributed by atoms with van der Waals surface area (Å²) in [5.41, 5.74) is 2.09. The Bertz CT molecular complexity index is 556. The van der Waals surface area contributed by atoms with Crippen LogP contribution in [0, 0.1) is 6.92 Å². The first-order valence-electron chi connectivity index (χ1n) is 8.30. The number of carbonyl (C=O) groups is 2. The van der Waals surface area contributed by atoms with E-state index < -0.39 is 12.1 Å². The molecule has 0 saturated heterocycles. The summed E-state index contributed by atoms with van der Waals surface area (Å²) in [5.74, 6) is -0.717. The molecule has 1 aliphatic rings. The first-order valence-corrected chi connectivity index (χ1v) is 8.30. The van der Waals surface area contributed by atoms with Crippen molar-refractivity contribution in [2.45, 2.75) is 58.1 Å². The zero-order valence-corrected chi connectivity index (χ0v) is 13.9. The van der Waals surface area contributed by atoms with Gasteiger partial charge in [-0.3, -0.25) is 4.79 Å². The minimum absolute atomic E-state index is 0.214. The number of carbonyl (C=O) groups excluding carboxylic acids is 2. The van der Waals surface area contributed by atoms with E-state index in [0.717, 1.165) is 36.8 Å². The Labute approximate surface area is 137 Å². The van der Waals surface area contributed by atoms with Crippen molar-refractivity contribution in [1.29, 1.82) is 0 Å². The molecule has 0 spiro atoms. The molecule has 0 radical (unpaired) electrons. The molecule has 1 fully saturated rings. The smallest absolute Gasteiger partial charge is 0.331 e. The van der Waals surface area contributed by atoms with E-state index in [1.54, 1.807) is 13.0 Å². The predicted molar refractivity (Wildman–Crippen MR) is 90.8 cm³/mol. The summed E-state index contributed by atoms with van der Waals surface area (Å²) in [6.07, 6.45) is 7.84. The van der Waals surface area contributed by atoms with Crippen LogP contribution in [-0.2, 0) is 14.3 Å². The van der Waals surface area contributed by atoms with E-state index in [4.69, 9.17) is 4.74 Å². The molecule has 23 heavy (non-hydrogen) atoms. The number of rotatable bonds is 5. The van der Waals surface area contributed by atoms with Crippen LogP contribution < -0.4 is 5.32 Å². The van der Waals surface area contributed by atoms with Crippen molar-refractivity contribution in [1.82, 2.24) is 5.32 Å². The van der Waals surface area contributed by atoms with Crippen LogP contribution in [0.1, 0.15) is 50.2 Å². The standard InChI is InChI=1S/C19H25NO3/c1-14-8-10-16(11-9-14)12-13-18(21)23-15(2)19(22)20-17-6-4-3-5-7-17/h8-13,15,17H,3-7H2,1-2H3,(H,20,22)/b13-12+. The van der Waals surface area contributed by atoms with Gasteiger partial charge in [-0.1, -0.05) is 49.1 Å². The number of aryl methyl sites for hydroxylation is 1. The van der Waals surface area contributed by atoms with Gasteiger partial charge < -0.3 is 10.1 Å². The van der Waals surface area contributed by atoms with Gasteiger partial charge in [0.15, 0.2) is 6.10 Å². The summed E-state index contributed by atoms with van der Waals surface area (Å²) < 4.78 is 5.16. The first kappa shape index (κ1) is 17.3. The molecule has 0 heterocycles. The van der Waals surface area contributed by atoms with E-state index >= 15 is 0 Å². The molecule has 2 rings (SSSR count). The third kappa shape index (κ3) is 5.89. The number of nitrogens with one attached hydrogen (secondary N) is 1. The topological polar surface area (TPSA) is 55.4 Å². The minimum Gasteiger partial charge on any atom is -0.449 e. The number of hydrogen-bond acceptors (Lipinski definition) is 3. The van der Waals surface area contributed by atoms with Gasteiger partial charge in [0.1, 0.15) is 0 Å². The van der Waals surface area contributed by atoms with Crippen molar-refractivity contribution in [3.8, 4) is 0 Å². The number of esters is 1. The molecule has 1 amide bonds. The van der Waals surface area contributed by atoms with Gasteiger partial charge in [0, 0.05) is 12.1 Å². The summed E-state index contributed by atoms with van der Waals surface area (Å²) >= 11 is 0. The number of hydrogen-bond donors (Lipinski definition) is 1. The second-order valence-corrected chi connectivity index (χ2v) is 6.17. The molecule has 0 aliphatic heterocycles. The van der Waals surface area contributed by atoms with Crippen molar-refractivity contribution < 1.29 is 14.3 Å². The van der Waals surface area contributed by atoms with E-state index in [1.807, 2.05) is 31.2 Å². The van der Waals surface area contributed by atoms with Gasteiger partial charge in [-0.05, 0) is 38.3 Å². The molecule has 1 aliphatic carbocycles. The second kappa shape index (κ2) is 8.51. The van der Waals surface area contributed by atoms with Crippen molar-refractivity contribution >= 4 is 18.0 Å². The van der Waals surface area contributed by atoms with Crippen LogP contribution in [0.3, 0.4) is 0 Å². The van der Waals surface area contributed by atoms with Gasteiger partial charge in [-0.15, -0.1) is 0 Å². The van der Waals surface area contributed by atoms with E-state index in [0.29, 0.717) is 0 Å². The summed E-state index contributed by atoms with van der Waals surface area (Å²) in [7, 11) is 0. The van der Waals surface area contributed by atoms with Gasteiger partial charge in [-0.2, -0.15) is 0 Å². The van der Waals surface area contributed by atoms with Crippen molar-refractivity contribution in [2.24, 2.45) is 0 Å². The lowest BCUT2D eigenvalue weighted by Gasteiger charge is -2.24. The normalized spacial score (nSPS) is 17.0. The van der Waals surface area contributed by atoms with Crippen LogP contribution >= 0.6 is 0 Å². The van der Waals surface area contributed by atoms with Crippen LogP contribution in [0.4, 0.5) is 0 Å². The fourth-order valence-corrected chi connectivity index (χ4v) is 2.67. The Morgan fingerprint density at radius 1 is 1.17 bits per heavy atom. The lowest BCUT2D eigenvalue weighted by Crippen LogP contribution is -2.42. The molecule has 4 nitrogen and oxygen atoms in total. The molecule has 0 aromatic heterocycles. The minimum atomic E-state index is -0.771. The average molecular weight is 315 g/mol. The van der Waals surface area contributed by atoms with Crippen LogP contribution in [0.5, 0.6) is 0 Å². The van der Waals surface area contributed by atoms with Crippen LogP contribution in [0.2, 0.25) is 0 Å². The van der Waals surface area contributed by atoms with Gasteiger partial charge >= 0.3 is 5.97 Å². The zero-order chi connectivity index (χ0) is 16.7. The Hall–Kier alpha value is -2.10. The Kier molecular flexibility index (Phi) is 6.39. The summed E-state index contributed by atoms with van der Waals surface area (Å²) in [5, 5.41) is 2.96. The number of benzene rings is 1. The molecular weight excluding hydrogens is 290 g/mol. The fraction of sp³-hybridized carbons (Fsp3) is 0.474. The molecule has 4 heteroatoms. The molecule has 1 aromatic carbocycles. The Morgan fingerprint density at radius 3 is 2.48 bits per heavy atom. The number of amides is 1. The van der Waals surface area contributed by atoms with Gasteiger partial charge in [-0.25, -0.2) is 4.79 Å². The SMILES string of the molecule is Cc1ccc(/C=C/C(=O)OC(C)C(=O)NC2CCCCC2)cc1. The van der Waals surface area contributed by atoms with Crippen LogP contribution in [0.25, 0.3) is 6.08 Å². The monoisotopic (exact) mass is 315 g/mol. The highest BCUT2D eigenvalue weighted by atomic mass is 16.5. The predicted octanol–water partition coefficient (Wildman–Crippen LogP) is 3.39. The fourth-order valence-electron chi connectivity index (χ4n) is 2.67. The van der Waals surface area contributed by atoms with E-state index in [-0.39, 0.29) is 11.9 Å². The molecular formula is C19H25NO3. The molecule has 1 N–H and O–H groups in total. The lowest BCUT2D eigenvalue weighted by atomic mass is 9.95. The van der Waals surface area contributed by atoms with E-state index in [2.05, 4.69) is 5.32 Å². The van der Waals surface area contributed by atoms with Crippen molar-refractivity contribution in [3.63, 3.8) is 0 Å². The summed E-state index contributed by atoms with van der Waals surface area (Å²) in [4.78, 5) is 23.8. The van der Waals surface area contributed by atoms with E-state index in [9.17, 15) is 9.59 Å². The molecule has 1 saturated carbocycles. The third-order valence-corrected chi connectivity index (χ3v) is 4.10. The quantitative estimate of drug-likeness (QED) is 0.669. The molecule has 124 valence electrons. The van der Waals surface area contributed by atoms with Gasteiger partial charge in [0.25, 0.3) is 5.91 Å². The highest BCUT2D eigenvalue weighted by molar-refractivity contribution is 5.90. The van der Waals surface area contributed by atoms with Gasteiger partial charge in [0.2, 0.25) is 0 Å². The van der Waals surface area contributed by atoms with Crippen molar-refractivity contribution in [3.05, 3.63) is 41.5 Å². The average Bonchev–Trinajstić information content (AvgIpc) is 2.55. The second-order valence-electron chi connectivity index (χ2n) is 6.17. The third-order valence-electron chi connectivity index (χ3n) is 4.10. The van der Waals surface area contributed by atoms with Gasteiger partial charge in [0.05, 0.1) is 0 Å². The summed E-state index contributed by atoms with van der Waals surface area (Å²) in [6, 6.07) is 8.04. The summed E-state index contributed by atoms with van der Waals surface area (Å²) in [6.45, 7) is 3.62. The molecule has 1 aromatic rings. The number of ether oxygens (including phenoxy) is 1. The van der Waals surface area contributed by atoms with Crippen LogP contribution in [0.15, 0.2) is 30.3 Å². The molecule has 1 atom stereocenters.